The lowest BCUT2D eigenvalue weighted by molar-refractivity contribution is 0.140. The van der Waals surface area contributed by atoms with Crippen LogP contribution in [0.3, 0.4) is 0 Å². The highest BCUT2D eigenvalue weighted by Crippen LogP contribution is 2.24. The Morgan fingerprint density at radius 3 is 2.93 bits per heavy atom. The van der Waals surface area contributed by atoms with Crippen molar-refractivity contribution in [2.45, 2.75) is 45.8 Å². The van der Waals surface area contributed by atoms with Gasteiger partial charge in [-0.05, 0) is 38.3 Å². The van der Waals surface area contributed by atoms with Crippen LogP contribution < -0.4 is 15.4 Å². The zero-order chi connectivity index (χ0) is 19.6. The summed E-state index contributed by atoms with van der Waals surface area (Å²) in [5.74, 6) is 1.76. The lowest BCUT2D eigenvalue weighted by Gasteiger charge is -2.17. The van der Waals surface area contributed by atoms with Crippen molar-refractivity contribution in [1.82, 2.24) is 10.6 Å². The van der Waals surface area contributed by atoms with Gasteiger partial charge in [0.25, 0.3) is 0 Å². The second-order valence-electron chi connectivity index (χ2n) is 7.27. The van der Waals surface area contributed by atoms with E-state index < -0.39 is 0 Å². The predicted molar refractivity (Wildman–Crippen MR) is 112 cm³/mol. The predicted octanol–water partition coefficient (Wildman–Crippen LogP) is 2.95. The lowest BCUT2D eigenvalue weighted by atomic mass is 10.1. The molecule has 0 saturated carbocycles. The van der Waals surface area contributed by atoms with Crippen molar-refractivity contribution in [3.63, 3.8) is 0 Å². The SMILES string of the molecule is CCNC(=NCc1ccc(C)cc1OC1CCOC1)NCCC1=CCOCC1. The van der Waals surface area contributed by atoms with Gasteiger partial charge < -0.3 is 24.8 Å². The molecule has 0 aromatic heterocycles. The first-order valence-corrected chi connectivity index (χ1v) is 10.4. The highest BCUT2D eigenvalue weighted by molar-refractivity contribution is 5.79. The Hall–Kier alpha value is -2.05. The molecular weight excluding hydrogens is 354 g/mol. The molecule has 1 aromatic rings. The number of ether oxygens (including phenoxy) is 3. The molecule has 1 atom stereocenters. The van der Waals surface area contributed by atoms with E-state index in [4.69, 9.17) is 19.2 Å². The van der Waals surface area contributed by atoms with Gasteiger partial charge in [0, 0.05) is 25.1 Å². The number of hydrogen-bond donors (Lipinski definition) is 2. The highest BCUT2D eigenvalue weighted by Gasteiger charge is 2.18. The minimum Gasteiger partial charge on any atom is -0.488 e. The first-order chi connectivity index (χ1) is 13.7. The molecule has 154 valence electrons. The monoisotopic (exact) mass is 387 g/mol. The summed E-state index contributed by atoms with van der Waals surface area (Å²) in [6.45, 7) is 9.47. The summed E-state index contributed by atoms with van der Waals surface area (Å²) in [6, 6.07) is 6.32. The van der Waals surface area contributed by atoms with E-state index in [1.54, 1.807) is 0 Å². The molecule has 1 fully saturated rings. The van der Waals surface area contributed by atoms with Gasteiger partial charge in [-0.1, -0.05) is 23.8 Å². The summed E-state index contributed by atoms with van der Waals surface area (Å²) in [7, 11) is 0. The molecule has 0 bridgehead atoms. The van der Waals surface area contributed by atoms with Crippen molar-refractivity contribution in [2.24, 2.45) is 4.99 Å². The fourth-order valence-corrected chi connectivity index (χ4v) is 3.33. The highest BCUT2D eigenvalue weighted by atomic mass is 16.5. The number of aryl methyl sites for hydroxylation is 1. The molecule has 2 heterocycles. The first kappa shape index (κ1) is 20.7. The molecule has 1 unspecified atom stereocenters. The maximum absolute atomic E-state index is 6.19. The van der Waals surface area contributed by atoms with Gasteiger partial charge in [0.1, 0.15) is 11.9 Å². The van der Waals surface area contributed by atoms with Crippen LogP contribution in [-0.2, 0) is 16.0 Å². The maximum atomic E-state index is 6.19. The van der Waals surface area contributed by atoms with Gasteiger partial charge in [-0.3, -0.25) is 0 Å². The van der Waals surface area contributed by atoms with Crippen LogP contribution in [0.15, 0.2) is 34.8 Å². The second kappa shape index (κ2) is 11.1. The number of nitrogens with zero attached hydrogens (tertiary/aromatic N) is 1. The minimum absolute atomic E-state index is 0.142. The third-order valence-electron chi connectivity index (χ3n) is 4.95. The van der Waals surface area contributed by atoms with Crippen LogP contribution in [0.4, 0.5) is 0 Å². The molecule has 0 spiro atoms. The van der Waals surface area contributed by atoms with Crippen molar-refractivity contribution >= 4 is 5.96 Å². The topological polar surface area (TPSA) is 64.1 Å². The molecular formula is C22H33N3O3. The third kappa shape index (κ3) is 6.53. The Bertz CT molecular complexity index is 682. The lowest BCUT2D eigenvalue weighted by Crippen LogP contribution is -2.38. The van der Waals surface area contributed by atoms with Crippen LogP contribution in [0.1, 0.15) is 37.3 Å². The van der Waals surface area contributed by atoms with Crippen LogP contribution in [0, 0.1) is 6.92 Å². The standard InChI is InChI=1S/C22H33N3O3/c1-3-23-22(24-10-6-18-7-11-26-12-8-18)25-15-19-5-4-17(2)14-21(19)28-20-9-13-27-16-20/h4-5,7,14,20H,3,6,8-13,15-16H2,1-2H3,(H2,23,24,25). The Kier molecular flexibility index (Phi) is 8.18. The fourth-order valence-electron chi connectivity index (χ4n) is 3.33. The van der Waals surface area contributed by atoms with Crippen LogP contribution in [0.2, 0.25) is 0 Å². The zero-order valence-corrected chi connectivity index (χ0v) is 17.1. The summed E-state index contributed by atoms with van der Waals surface area (Å²) in [5.41, 5.74) is 3.75. The number of benzene rings is 1. The van der Waals surface area contributed by atoms with Crippen molar-refractivity contribution in [3.05, 3.63) is 41.0 Å². The Labute approximate surface area is 168 Å². The third-order valence-corrected chi connectivity index (χ3v) is 4.95. The molecule has 2 aliphatic heterocycles. The van der Waals surface area contributed by atoms with Crippen LogP contribution in [0.5, 0.6) is 5.75 Å². The summed E-state index contributed by atoms with van der Waals surface area (Å²) in [6.07, 6.45) is 5.34. The molecule has 3 rings (SSSR count). The number of hydrogen-bond acceptors (Lipinski definition) is 4. The zero-order valence-electron chi connectivity index (χ0n) is 17.1. The van der Waals surface area contributed by atoms with Crippen LogP contribution in [0.25, 0.3) is 0 Å². The van der Waals surface area contributed by atoms with Gasteiger partial charge in [0.05, 0.1) is 33.0 Å². The van der Waals surface area contributed by atoms with Gasteiger partial charge >= 0.3 is 0 Å². The molecule has 1 saturated heterocycles. The quantitative estimate of drug-likeness (QED) is 0.408. The van der Waals surface area contributed by atoms with E-state index in [0.717, 1.165) is 69.4 Å². The molecule has 6 heteroatoms. The molecule has 6 nitrogen and oxygen atoms in total. The number of rotatable bonds is 8. The van der Waals surface area contributed by atoms with Gasteiger partial charge in [-0.15, -0.1) is 0 Å². The molecule has 0 aliphatic carbocycles. The smallest absolute Gasteiger partial charge is 0.191 e. The summed E-state index contributed by atoms with van der Waals surface area (Å²) in [5, 5.41) is 6.77. The van der Waals surface area contributed by atoms with Crippen molar-refractivity contribution < 1.29 is 14.2 Å². The van der Waals surface area contributed by atoms with E-state index >= 15 is 0 Å². The van der Waals surface area contributed by atoms with E-state index in [2.05, 4.69) is 48.8 Å². The number of guanidine groups is 1. The van der Waals surface area contributed by atoms with E-state index in [9.17, 15) is 0 Å². The van der Waals surface area contributed by atoms with Gasteiger partial charge in [-0.25, -0.2) is 4.99 Å². The second-order valence-corrected chi connectivity index (χ2v) is 7.27. The largest absolute Gasteiger partial charge is 0.488 e. The molecule has 0 amide bonds. The summed E-state index contributed by atoms with van der Waals surface area (Å²) in [4.78, 5) is 4.77. The van der Waals surface area contributed by atoms with E-state index in [1.165, 1.54) is 11.1 Å². The molecule has 2 aliphatic rings. The molecule has 2 N–H and O–H groups in total. The summed E-state index contributed by atoms with van der Waals surface area (Å²) >= 11 is 0. The van der Waals surface area contributed by atoms with Gasteiger partial charge in [-0.2, -0.15) is 0 Å². The number of aliphatic imine (C=N–C) groups is 1. The summed E-state index contributed by atoms with van der Waals surface area (Å²) < 4.78 is 17.0. The van der Waals surface area contributed by atoms with Crippen molar-refractivity contribution in [3.8, 4) is 5.75 Å². The first-order valence-electron chi connectivity index (χ1n) is 10.4. The van der Waals surface area contributed by atoms with E-state index in [0.29, 0.717) is 13.2 Å². The molecule has 28 heavy (non-hydrogen) atoms. The van der Waals surface area contributed by atoms with E-state index in [1.807, 2.05) is 0 Å². The Morgan fingerprint density at radius 2 is 2.18 bits per heavy atom. The van der Waals surface area contributed by atoms with Gasteiger partial charge in [0.2, 0.25) is 0 Å². The maximum Gasteiger partial charge on any atom is 0.191 e. The molecule has 1 aromatic carbocycles. The molecule has 0 radical (unpaired) electrons. The van der Waals surface area contributed by atoms with Crippen LogP contribution >= 0.6 is 0 Å². The fraction of sp³-hybridized carbons (Fsp3) is 0.591. The Morgan fingerprint density at radius 1 is 1.25 bits per heavy atom. The average Bonchev–Trinajstić information content (AvgIpc) is 3.21. The van der Waals surface area contributed by atoms with E-state index in [-0.39, 0.29) is 6.10 Å². The van der Waals surface area contributed by atoms with Crippen LogP contribution in [-0.4, -0.2) is 51.6 Å². The Balaban J connectivity index is 1.59. The van der Waals surface area contributed by atoms with Gasteiger partial charge in [0.15, 0.2) is 5.96 Å². The normalized spacial score (nSPS) is 20.0. The van der Waals surface area contributed by atoms with Crippen molar-refractivity contribution in [2.75, 3.05) is 39.5 Å². The van der Waals surface area contributed by atoms with Crippen molar-refractivity contribution in [1.29, 1.82) is 0 Å². The average molecular weight is 388 g/mol. The minimum atomic E-state index is 0.142. The number of nitrogens with one attached hydrogen (secondary N) is 2.